The van der Waals surface area contributed by atoms with Crippen molar-refractivity contribution in [1.82, 2.24) is 15.0 Å². The van der Waals surface area contributed by atoms with Crippen molar-refractivity contribution in [2.24, 2.45) is 11.8 Å². The number of ether oxygens (including phenoxy) is 1. The number of carbonyl (C=O) groups is 1. The number of nitrogens with zero attached hydrogens (tertiary/aromatic N) is 3. The van der Waals surface area contributed by atoms with Gasteiger partial charge < -0.3 is 14.2 Å². The number of hydrogen-bond donors (Lipinski definition) is 0. The molecule has 0 amide bonds. The van der Waals surface area contributed by atoms with Gasteiger partial charge in [0.15, 0.2) is 6.61 Å². The summed E-state index contributed by atoms with van der Waals surface area (Å²) >= 11 is 0. The van der Waals surface area contributed by atoms with Crippen LogP contribution < -0.4 is 4.74 Å². The van der Waals surface area contributed by atoms with Crippen LogP contribution in [0.1, 0.15) is 61.2 Å². The number of halogens is 2. The highest BCUT2D eigenvalue weighted by Crippen LogP contribution is 2.33. The quantitative estimate of drug-likeness (QED) is 0.491. The SMILES string of the molecule is Cc1cc(CC(=O)CC2CCC(CCN3CCc4ccc(OCC(F)F)nc4CC3)CC2)no1. The number of carbonyl (C=O) groups excluding carboxylic acids is 1. The third-order valence-corrected chi connectivity index (χ3v) is 7.15. The largest absolute Gasteiger partial charge is 0.472 e. The van der Waals surface area contributed by atoms with Gasteiger partial charge in [0.05, 0.1) is 12.1 Å². The van der Waals surface area contributed by atoms with E-state index in [9.17, 15) is 13.6 Å². The molecule has 0 spiro atoms. The second kappa shape index (κ2) is 11.9. The molecule has 0 aromatic carbocycles. The molecule has 8 heteroatoms. The van der Waals surface area contributed by atoms with Gasteiger partial charge in [-0.2, -0.15) is 0 Å². The summed E-state index contributed by atoms with van der Waals surface area (Å²) in [6.07, 6.45) is 6.13. The Labute approximate surface area is 200 Å². The van der Waals surface area contributed by atoms with E-state index in [1.165, 1.54) is 24.8 Å². The third kappa shape index (κ3) is 7.32. The van der Waals surface area contributed by atoms with Crippen molar-refractivity contribution < 1.29 is 22.8 Å². The molecule has 2 aromatic rings. The van der Waals surface area contributed by atoms with Crippen LogP contribution in [0.25, 0.3) is 0 Å². The van der Waals surface area contributed by atoms with E-state index in [2.05, 4.69) is 15.0 Å². The lowest BCUT2D eigenvalue weighted by molar-refractivity contribution is -0.119. The van der Waals surface area contributed by atoms with Gasteiger partial charge in [0.2, 0.25) is 5.88 Å². The van der Waals surface area contributed by atoms with E-state index in [1.807, 2.05) is 19.1 Å². The molecule has 0 bridgehead atoms. The number of pyridine rings is 1. The van der Waals surface area contributed by atoms with Crippen LogP contribution in [-0.4, -0.2) is 53.5 Å². The van der Waals surface area contributed by atoms with Crippen molar-refractivity contribution in [1.29, 1.82) is 0 Å². The first kappa shape index (κ1) is 24.8. The van der Waals surface area contributed by atoms with Gasteiger partial charge in [0.1, 0.15) is 11.5 Å². The zero-order chi connectivity index (χ0) is 23.9. The van der Waals surface area contributed by atoms with Gasteiger partial charge in [-0.3, -0.25) is 4.79 Å². The summed E-state index contributed by atoms with van der Waals surface area (Å²) in [7, 11) is 0. The lowest BCUT2D eigenvalue weighted by Crippen LogP contribution is -2.29. The van der Waals surface area contributed by atoms with E-state index in [0.717, 1.165) is 68.4 Å². The second-order valence-corrected chi connectivity index (χ2v) is 9.82. The van der Waals surface area contributed by atoms with Gasteiger partial charge in [-0.15, -0.1) is 0 Å². The van der Waals surface area contributed by atoms with E-state index in [4.69, 9.17) is 9.26 Å². The predicted molar refractivity (Wildman–Crippen MR) is 124 cm³/mol. The van der Waals surface area contributed by atoms with Crippen LogP contribution in [0.4, 0.5) is 8.78 Å². The Morgan fingerprint density at radius 1 is 1.18 bits per heavy atom. The van der Waals surface area contributed by atoms with Crippen molar-refractivity contribution in [3.8, 4) is 5.88 Å². The third-order valence-electron chi connectivity index (χ3n) is 7.15. The lowest BCUT2D eigenvalue weighted by Gasteiger charge is -2.30. The number of alkyl halides is 2. The van der Waals surface area contributed by atoms with E-state index >= 15 is 0 Å². The molecule has 6 nitrogen and oxygen atoms in total. The molecule has 2 aliphatic rings. The van der Waals surface area contributed by atoms with Gasteiger partial charge in [-0.25, -0.2) is 13.8 Å². The topological polar surface area (TPSA) is 68.5 Å². The highest BCUT2D eigenvalue weighted by atomic mass is 19.3. The Balaban J connectivity index is 1.15. The van der Waals surface area contributed by atoms with Gasteiger partial charge in [0, 0.05) is 43.8 Å². The highest BCUT2D eigenvalue weighted by molar-refractivity contribution is 5.80. The lowest BCUT2D eigenvalue weighted by atomic mass is 9.78. The number of hydrogen-bond acceptors (Lipinski definition) is 6. The zero-order valence-electron chi connectivity index (χ0n) is 20.0. The summed E-state index contributed by atoms with van der Waals surface area (Å²) in [5.41, 5.74) is 2.90. The maximum atomic E-state index is 12.4. The van der Waals surface area contributed by atoms with Crippen LogP contribution in [0.5, 0.6) is 5.88 Å². The molecule has 0 atom stereocenters. The first-order valence-corrected chi connectivity index (χ1v) is 12.5. The molecule has 0 unspecified atom stereocenters. The molecule has 2 aromatic heterocycles. The minimum absolute atomic E-state index is 0.261. The summed E-state index contributed by atoms with van der Waals surface area (Å²) in [6, 6.07) is 5.51. The van der Waals surface area contributed by atoms with Crippen molar-refractivity contribution in [3.05, 3.63) is 40.9 Å². The molecule has 4 rings (SSSR count). The normalized spacial score (nSPS) is 21.3. The Hall–Kier alpha value is -2.35. The van der Waals surface area contributed by atoms with E-state index < -0.39 is 13.0 Å². The molecular formula is C26H35F2N3O3. The van der Waals surface area contributed by atoms with Crippen LogP contribution in [0.3, 0.4) is 0 Å². The molecule has 1 aliphatic carbocycles. The summed E-state index contributed by atoms with van der Waals surface area (Å²) in [5, 5.41) is 3.93. The number of aromatic nitrogens is 2. The molecule has 0 radical (unpaired) electrons. The van der Waals surface area contributed by atoms with E-state index in [-0.39, 0.29) is 5.78 Å². The van der Waals surface area contributed by atoms with Crippen molar-refractivity contribution >= 4 is 5.78 Å². The van der Waals surface area contributed by atoms with Crippen LogP contribution >= 0.6 is 0 Å². The first-order valence-electron chi connectivity index (χ1n) is 12.5. The standard InChI is InChI=1S/C26H35F2N3O3/c1-18-14-22(30-34-18)16-23(32)15-20-4-2-19(3-5-20)8-11-31-12-9-21-6-7-26(33-17-25(27)28)29-24(21)10-13-31/h6-7,14,19-20,25H,2-5,8-13,15-17H2,1H3. The fourth-order valence-electron chi connectivity index (χ4n) is 5.25. The Kier molecular flexibility index (Phi) is 8.64. The van der Waals surface area contributed by atoms with Crippen molar-refractivity contribution in [2.75, 3.05) is 26.2 Å². The Morgan fingerprint density at radius 2 is 1.94 bits per heavy atom. The van der Waals surface area contributed by atoms with Gasteiger partial charge in [-0.1, -0.05) is 24.1 Å². The van der Waals surface area contributed by atoms with E-state index in [0.29, 0.717) is 24.6 Å². The maximum Gasteiger partial charge on any atom is 0.272 e. The summed E-state index contributed by atoms with van der Waals surface area (Å²) in [4.78, 5) is 19.3. The molecule has 186 valence electrons. The molecule has 0 saturated heterocycles. The zero-order valence-corrected chi connectivity index (χ0v) is 20.0. The molecule has 1 saturated carbocycles. The summed E-state index contributed by atoms with van der Waals surface area (Å²) < 4.78 is 34.9. The highest BCUT2D eigenvalue weighted by Gasteiger charge is 2.24. The molecule has 0 N–H and O–H groups in total. The number of rotatable bonds is 10. The fraction of sp³-hybridized carbons (Fsp3) is 0.654. The second-order valence-electron chi connectivity index (χ2n) is 9.82. The number of aryl methyl sites for hydroxylation is 1. The molecular weight excluding hydrogens is 440 g/mol. The van der Waals surface area contributed by atoms with Gasteiger partial charge >= 0.3 is 0 Å². The predicted octanol–water partition coefficient (Wildman–Crippen LogP) is 4.82. The average Bonchev–Trinajstić information content (AvgIpc) is 3.11. The first-order chi connectivity index (χ1) is 16.4. The van der Waals surface area contributed by atoms with Crippen LogP contribution in [-0.2, 0) is 24.1 Å². The molecule has 1 fully saturated rings. The fourth-order valence-corrected chi connectivity index (χ4v) is 5.25. The summed E-state index contributed by atoms with van der Waals surface area (Å²) in [5.74, 6) is 2.52. The van der Waals surface area contributed by atoms with Crippen molar-refractivity contribution in [2.45, 2.75) is 71.1 Å². The van der Waals surface area contributed by atoms with E-state index in [1.54, 1.807) is 6.07 Å². The van der Waals surface area contributed by atoms with Crippen LogP contribution in [0, 0.1) is 18.8 Å². The minimum atomic E-state index is -2.49. The monoisotopic (exact) mass is 475 g/mol. The number of fused-ring (bicyclic) bond motifs is 1. The van der Waals surface area contributed by atoms with Crippen LogP contribution in [0.15, 0.2) is 22.7 Å². The van der Waals surface area contributed by atoms with Gasteiger partial charge in [0.25, 0.3) is 6.43 Å². The molecule has 3 heterocycles. The average molecular weight is 476 g/mol. The van der Waals surface area contributed by atoms with Gasteiger partial charge in [-0.05, 0) is 56.6 Å². The number of Topliss-reactive ketones (excluding diaryl/α,β-unsaturated/α-hetero) is 1. The van der Waals surface area contributed by atoms with Crippen LogP contribution in [0.2, 0.25) is 0 Å². The smallest absolute Gasteiger partial charge is 0.272 e. The Morgan fingerprint density at radius 3 is 2.68 bits per heavy atom. The summed E-state index contributed by atoms with van der Waals surface area (Å²) in [6.45, 7) is 4.23. The number of ketones is 1. The van der Waals surface area contributed by atoms with Crippen molar-refractivity contribution in [3.63, 3.8) is 0 Å². The molecule has 34 heavy (non-hydrogen) atoms. The Bertz CT molecular complexity index is 941. The maximum absolute atomic E-state index is 12.4. The minimum Gasteiger partial charge on any atom is -0.472 e. The molecule has 1 aliphatic heterocycles.